The third kappa shape index (κ3) is 5.66. The van der Waals surface area contributed by atoms with Gasteiger partial charge in [0.05, 0.1) is 4.92 Å². The van der Waals surface area contributed by atoms with Crippen LogP contribution in [-0.4, -0.2) is 75.5 Å². The number of carboxylic acids is 2. The second-order valence-electron chi connectivity index (χ2n) is 8.05. The lowest BCUT2D eigenvalue weighted by Gasteiger charge is -2.37. The Bertz CT molecular complexity index is 863. The maximum Gasteiger partial charge on any atom is 0.414 e. The van der Waals surface area contributed by atoms with Crippen molar-refractivity contribution in [1.29, 1.82) is 0 Å². The highest BCUT2D eigenvalue weighted by Crippen LogP contribution is 2.43. The smallest absolute Gasteiger partial charge is 0.414 e. The number of nitro groups is 1. The Morgan fingerprint density at radius 1 is 0.968 bits per heavy atom. The van der Waals surface area contributed by atoms with Gasteiger partial charge in [-0.1, -0.05) is 12.2 Å². The number of allylic oxidation sites excluding steroid dienone is 2. The van der Waals surface area contributed by atoms with Crippen molar-refractivity contribution in [2.24, 2.45) is 17.8 Å². The summed E-state index contributed by atoms with van der Waals surface area (Å²) in [6.45, 7) is 4.43. The van der Waals surface area contributed by atoms with Gasteiger partial charge in [0.2, 0.25) is 0 Å². The molecule has 2 fully saturated rings. The fourth-order valence-corrected chi connectivity index (χ4v) is 4.48. The molecule has 10 heteroatoms. The number of hydrogen-bond acceptors (Lipinski definition) is 6. The quantitative estimate of drug-likeness (QED) is 0.318. The van der Waals surface area contributed by atoms with Crippen LogP contribution in [0.25, 0.3) is 0 Å². The van der Waals surface area contributed by atoms with Crippen LogP contribution in [0.1, 0.15) is 23.2 Å². The number of nitrogens with zero attached hydrogens (tertiary/aromatic N) is 3. The second-order valence-corrected chi connectivity index (χ2v) is 8.05. The van der Waals surface area contributed by atoms with Crippen molar-refractivity contribution in [2.45, 2.75) is 12.8 Å². The van der Waals surface area contributed by atoms with Gasteiger partial charge < -0.3 is 15.1 Å². The summed E-state index contributed by atoms with van der Waals surface area (Å²) in [4.78, 5) is 45.4. The Balaban J connectivity index is 0.000000401. The van der Waals surface area contributed by atoms with Crippen molar-refractivity contribution >= 4 is 23.5 Å². The SMILES string of the molecule is O=C(O)C(=O)O.O=C(c1ccc([N+](=O)[O-])cc1)N1CCN(CC2CC3C=CC2C3)CC1. The van der Waals surface area contributed by atoms with Gasteiger partial charge in [-0.2, -0.15) is 0 Å². The average Bonchev–Trinajstić information content (AvgIpc) is 3.37. The van der Waals surface area contributed by atoms with E-state index in [0.717, 1.165) is 50.5 Å². The monoisotopic (exact) mass is 431 g/mol. The van der Waals surface area contributed by atoms with Crippen LogP contribution in [0.5, 0.6) is 0 Å². The highest BCUT2D eigenvalue weighted by molar-refractivity contribution is 6.27. The first-order valence-corrected chi connectivity index (χ1v) is 10.1. The number of non-ortho nitro benzene ring substituents is 1. The summed E-state index contributed by atoms with van der Waals surface area (Å²) in [7, 11) is 0. The predicted octanol–water partition coefficient (Wildman–Crippen LogP) is 1.72. The van der Waals surface area contributed by atoms with Gasteiger partial charge in [-0.3, -0.25) is 19.8 Å². The number of carbonyl (C=O) groups excluding carboxylic acids is 1. The van der Waals surface area contributed by atoms with Gasteiger partial charge in [-0.05, 0) is 42.7 Å². The highest BCUT2D eigenvalue weighted by Gasteiger charge is 2.36. The largest absolute Gasteiger partial charge is 0.473 e. The van der Waals surface area contributed by atoms with Gasteiger partial charge in [0, 0.05) is 50.4 Å². The molecule has 166 valence electrons. The summed E-state index contributed by atoms with van der Waals surface area (Å²) in [6, 6.07) is 5.89. The number of carboxylic acid groups (broad SMARTS) is 2. The molecular weight excluding hydrogens is 406 g/mol. The Morgan fingerprint density at radius 2 is 1.58 bits per heavy atom. The third-order valence-electron chi connectivity index (χ3n) is 6.08. The minimum absolute atomic E-state index is 0.0151. The molecule has 1 heterocycles. The fraction of sp³-hybridized carbons (Fsp3) is 0.476. The maximum absolute atomic E-state index is 12.6. The molecule has 1 aliphatic heterocycles. The number of aliphatic carboxylic acids is 2. The van der Waals surface area contributed by atoms with E-state index < -0.39 is 16.9 Å². The molecule has 31 heavy (non-hydrogen) atoms. The van der Waals surface area contributed by atoms with Gasteiger partial charge in [-0.25, -0.2) is 9.59 Å². The summed E-state index contributed by atoms with van der Waals surface area (Å²) < 4.78 is 0. The molecule has 3 unspecified atom stereocenters. The van der Waals surface area contributed by atoms with E-state index in [2.05, 4.69) is 17.1 Å². The minimum Gasteiger partial charge on any atom is -0.473 e. The molecular formula is C21H25N3O7. The van der Waals surface area contributed by atoms with Crippen LogP contribution < -0.4 is 0 Å². The molecule has 0 radical (unpaired) electrons. The number of benzene rings is 1. The van der Waals surface area contributed by atoms with E-state index in [1.807, 2.05) is 4.90 Å². The first-order chi connectivity index (χ1) is 14.7. The minimum atomic E-state index is -1.82. The third-order valence-corrected chi connectivity index (χ3v) is 6.08. The molecule has 4 rings (SSSR count). The molecule has 10 nitrogen and oxygen atoms in total. The van der Waals surface area contributed by atoms with Crippen LogP contribution in [0.15, 0.2) is 36.4 Å². The number of piperazine rings is 1. The fourth-order valence-electron chi connectivity index (χ4n) is 4.48. The number of fused-ring (bicyclic) bond motifs is 2. The van der Waals surface area contributed by atoms with E-state index in [1.54, 1.807) is 12.1 Å². The molecule has 2 bridgehead atoms. The highest BCUT2D eigenvalue weighted by atomic mass is 16.6. The lowest BCUT2D eigenvalue weighted by atomic mass is 9.93. The number of hydrogen-bond donors (Lipinski definition) is 2. The molecule has 1 saturated carbocycles. The maximum atomic E-state index is 12.6. The Morgan fingerprint density at radius 3 is 2.03 bits per heavy atom. The molecule has 3 atom stereocenters. The second kappa shape index (κ2) is 9.69. The lowest BCUT2D eigenvalue weighted by Crippen LogP contribution is -2.50. The first kappa shape index (κ1) is 22.4. The Kier molecular flexibility index (Phi) is 7.01. The van der Waals surface area contributed by atoms with Crippen LogP contribution >= 0.6 is 0 Å². The van der Waals surface area contributed by atoms with E-state index >= 15 is 0 Å². The van der Waals surface area contributed by atoms with Crippen LogP contribution in [-0.2, 0) is 9.59 Å². The van der Waals surface area contributed by atoms with Crippen molar-refractivity contribution < 1.29 is 29.5 Å². The number of rotatable bonds is 4. The number of amides is 1. The molecule has 1 aromatic rings. The van der Waals surface area contributed by atoms with E-state index in [4.69, 9.17) is 19.8 Å². The van der Waals surface area contributed by atoms with E-state index in [1.165, 1.54) is 25.0 Å². The Labute approximate surface area is 178 Å². The van der Waals surface area contributed by atoms with Gasteiger partial charge >= 0.3 is 11.9 Å². The summed E-state index contributed by atoms with van der Waals surface area (Å²) >= 11 is 0. The van der Waals surface area contributed by atoms with Crippen LogP contribution in [0.3, 0.4) is 0 Å². The zero-order chi connectivity index (χ0) is 22.5. The topological polar surface area (TPSA) is 141 Å². The van der Waals surface area contributed by atoms with Crippen molar-refractivity contribution in [3.05, 3.63) is 52.1 Å². The van der Waals surface area contributed by atoms with Crippen molar-refractivity contribution in [2.75, 3.05) is 32.7 Å². The average molecular weight is 431 g/mol. The van der Waals surface area contributed by atoms with Crippen molar-refractivity contribution in [1.82, 2.24) is 9.80 Å². The van der Waals surface area contributed by atoms with Gasteiger partial charge in [0.1, 0.15) is 0 Å². The standard InChI is InChI=1S/C19H23N3O3.C2H2O4/c23-19(15-3-5-18(6-4-15)22(24)25)21-9-7-20(8-10-21)13-17-12-14-1-2-16(17)11-14;3-1(4)2(5)6/h1-6,14,16-17H,7-13H2;(H,3,4)(H,5,6). The number of nitro benzene ring substituents is 1. The lowest BCUT2D eigenvalue weighted by molar-refractivity contribution is -0.384. The molecule has 3 aliphatic rings. The number of carbonyl (C=O) groups is 3. The van der Waals surface area contributed by atoms with Crippen molar-refractivity contribution in [3.8, 4) is 0 Å². The van der Waals surface area contributed by atoms with Gasteiger partial charge in [0.25, 0.3) is 11.6 Å². The van der Waals surface area contributed by atoms with E-state index in [0.29, 0.717) is 5.56 Å². The molecule has 1 amide bonds. The zero-order valence-corrected chi connectivity index (χ0v) is 16.9. The zero-order valence-electron chi connectivity index (χ0n) is 16.9. The Hall–Kier alpha value is -3.27. The molecule has 0 spiro atoms. The van der Waals surface area contributed by atoms with Crippen LogP contribution in [0, 0.1) is 27.9 Å². The van der Waals surface area contributed by atoms with Crippen LogP contribution in [0.2, 0.25) is 0 Å². The molecule has 2 N–H and O–H groups in total. The predicted molar refractivity (Wildman–Crippen MR) is 110 cm³/mol. The molecule has 0 aromatic heterocycles. The summed E-state index contributed by atoms with van der Waals surface area (Å²) in [5.41, 5.74) is 0.540. The van der Waals surface area contributed by atoms with Crippen LogP contribution in [0.4, 0.5) is 5.69 Å². The van der Waals surface area contributed by atoms with E-state index in [-0.39, 0.29) is 11.6 Å². The molecule has 1 saturated heterocycles. The summed E-state index contributed by atoms with van der Waals surface area (Å²) in [5, 5.41) is 25.5. The molecule has 1 aromatic carbocycles. The summed E-state index contributed by atoms with van der Waals surface area (Å²) in [5.74, 6) is -1.32. The first-order valence-electron chi connectivity index (χ1n) is 10.1. The van der Waals surface area contributed by atoms with Crippen molar-refractivity contribution in [3.63, 3.8) is 0 Å². The normalized spacial score (nSPS) is 24.4. The van der Waals surface area contributed by atoms with Gasteiger partial charge in [-0.15, -0.1) is 0 Å². The summed E-state index contributed by atoms with van der Waals surface area (Å²) in [6.07, 6.45) is 7.43. The molecule has 2 aliphatic carbocycles. The van der Waals surface area contributed by atoms with Gasteiger partial charge in [0.15, 0.2) is 0 Å². The van der Waals surface area contributed by atoms with E-state index in [9.17, 15) is 14.9 Å².